The maximum atomic E-state index is 11.8. The van der Waals surface area contributed by atoms with Gasteiger partial charge in [0.1, 0.15) is 0 Å². The second kappa shape index (κ2) is 8.03. The lowest BCUT2D eigenvalue weighted by Crippen LogP contribution is -2.42. The summed E-state index contributed by atoms with van der Waals surface area (Å²) >= 11 is 0. The summed E-state index contributed by atoms with van der Waals surface area (Å²) in [6, 6.07) is 0. The van der Waals surface area contributed by atoms with E-state index >= 15 is 0 Å². The molecule has 0 spiro atoms. The van der Waals surface area contributed by atoms with Crippen molar-refractivity contribution >= 4 is 11.9 Å². The third-order valence-electron chi connectivity index (χ3n) is 2.53. The molecule has 0 aromatic rings. The van der Waals surface area contributed by atoms with Crippen LogP contribution in [0.1, 0.15) is 39.5 Å². The largest absolute Gasteiger partial charge is 0.438 e. The van der Waals surface area contributed by atoms with Gasteiger partial charge in [-0.3, -0.25) is 9.59 Å². The molecule has 0 rings (SSSR count). The molecule has 6 heteroatoms. The SMILES string of the molecule is CCCC(CCC)(C(=O)OCO)C(=O)OCO. The Kier molecular flexibility index (Phi) is 7.49. The quantitative estimate of drug-likeness (QED) is 0.370. The Hall–Kier alpha value is -1.14. The number of hydrogen-bond acceptors (Lipinski definition) is 6. The molecule has 0 aliphatic carbocycles. The summed E-state index contributed by atoms with van der Waals surface area (Å²) in [5.41, 5.74) is -1.42. The van der Waals surface area contributed by atoms with Crippen molar-refractivity contribution in [2.75, 3.05) is 13.6 Å². The Morgan fingerprint density at radius 3 is 1.53 bits per heavy atom. The molecule has 2 N–H and O–H groups in total. The lowest BCUT2D eigenvalue weighted by molar-refractivity contribution is -0.183. The summed E-state index contributed by atoms with van der Waals surface area (Å²) in [6.07, 6.45) is 1.69. The molecule has 0 unspecified atom stereocenters. The van der Waals surface area contributed by atoms with Crippen LogP contribution in [0.15, 0.2) is 0 Å². The monoisotopic (exact) mass is 248 g/mol. The van der Waals surface area contributed by atoms with Crippen molar-refractivity contribution in [3.63, 3.8) is 0 Å². The average Bonchev–Trinajstić information content (AvgIpc) is 2.29. The van der Waals surface area contributed by atoms with Crippen LogP contribution in [-0.2, 0) is 19.1 Å². The van der Waals surface area contributed by atoms with Crippen molar-refractivity contribution in [1.82, 2.24) is 0 Å². The van der Waals surface area contributed by atoms with Gasteiger partial charge in [0.05, 0.1) is 0 Å². The van der Waals surface area contributed by atoms with Gasteiger partial charge < -0.3 is 19.7 Å². The van der Waals surface area contributed by atoms with Crippen LogP contribution in [0.5, 0.6) is 0 Å². The normalized spacial score (nSPS) is 11.1. The van der Waals surface area contributed by atoms with E-state index in [2.05, 4.69) is 9.47 Å². The van der Waals surface area contributed by atoms with E-state index in [1.54, 1.807) is 0 Å². The summed E-state index contributed by atoms with van der Waals surface area (Å²) in [7, 11) is 0. The zero-order valence-electron chi connectivity index (χ0n) is 10.3. The van der Waals surface area contributed by atoms with Crippen molar-refractivity contribution in [2.24, 2.45) is 5.41 Å². The molecule has 0 radical (unpaired) electrons. The molecule has 0 saturated heterocycles. The number of aliphatic hydroxyl groups is 2. The van der Waals surface area contributed by atoms with Crippen LogP contribution in [-0.4, -0.2) is 35.7 Å². The molecule has 0 aromatic heterocycles. The molecule has 0 aliphatic rings. The first-order chi connectivity index (χ1) is 8.08. The Labute approximate surface area is 101 Å². The standard InChI is InChI=1S/C11H20O6/c1-3-5-11(6-4-2,9(14)16-7-12)10(15)17-8-13/h12-13H,3-8H2,1-2H3. The highest BCUT2D eigenvalue weighted by atomic mass is 16.6. The van der Waals surface area contributed by atoms with Gasteiger partial charge >= 0.3 is 11.9 Å². The summed E-state index contributed by atoms with van der Waals surface area (Å²) in [4.78, 5) is 23.6. The smallest absolute Gasteiger partial charge is 0.325 e. The fourth-order valence-corrected chi connectivity index (χ4v) is 1.86. The first-order valence-corrected chi connectivity index (χ1v) is 5.65. The molecule has 0 saturated carbocycles. The van der Waals surface area contributed by atoms with Crippen LogP contribution < -0.4 is 0 Å². The minimum absolute atomic E-state index is 0.262. The lowest BCUT2D eigenvalue weighted by atomic mass is 9.79. The number of carbonyl (C=O) groups excluding carboxylic acids is 2. The predicted octanol–water partition coefficient (Wildman–Crippen LogP) is 0.559. The van der Waals surface area contributed by atoms with E-state index in [9.17, 15) is 9.59 Å². The van der Waals surface area contributed by atoms with Gasteiger partial charge in [0, 0.05) is 0 Å². The van der Waals surface area contributed by atoms with Gasteiger partial charge in [0.25, 0.3) is 0 Å². The van der Waals surface area contributed by atoms with E-state index in [0.29, 0.717) is 12.8 Å². The molecular formula is C11H20O6. The first-order valence-electron chi connectivity index (χ1n) is 5.65. The Morgan fingerprint density at radius 1 is 0.941 bits per heavy atom. The predicted molar refractivity (Wildman–Crippen MR) is 58.6 cm³/mol. The van der Waals surface area contributed by atoms with Crippen LogP contribution in [0, 0.1) is 5.41 Å². The van der Waals surface area contributed by atoms with Gasteiger partial charge in [-0.05, 0) is 12.8 Å². The third kappa shape index (κ3) is 3.98. The molecule has 100 valence electrons. The molecular weight excluding hydrogens is 228 g/mol. The van der Waals surface area contributed by atoms with Crippen LogP contribution >= 0.6 is 0 Å². The van der Waals surface area contributed by atoms with Gasteiger partial charge in [0.2, 0.25) is 0 Å². The molecule has 17 heavy (non-hydrogen) atoms. The van der Waals surface area contributed by atoms with Gasteiger partial charge in [-0.1, -0.05) is 26.7 Å². The second-order valence-electron chi connectivity index (χ2n) is 3.70. The average molecular weight is 248 g/mol. The maximum Gasteiger partial charge on any atom is 0.325 e. The van der Waals surface area contributed by atoms with Crippen molar-refractivity contribution in [3.05, 3.63) is 0 Å². The van der Waals surface area contributed by atoms with E-state index in [1.807, 2.05) is 13.8 Å². The summed E-state index contributed by atoms with van der Waals surface area (Å²) in [5, 5.41) is 17.2. The number of hydrogen-bond donors (Lipinski definition) is 2. The fourth-order valence-electron chi connectivity index (χ4n) is 1.86. The van der Waals surface area contributed by atoms with Crippen LogP contribution in [0.4, 0.5) is 0 Å². The highest BCUT2D eigenvalue weighted by Crippen LogP contribution is 2.33. The van der Waals surface area contributed by atoms with E-state index in [0.717, 1.165) is 0 Å². The van der Waals surface area contributed by atoms with Gasteiger partial charge in [-0.25, -0.2) is 0 Å². The Bertz CT molecular complexity index is 224. The number of ether oxygens (including phenoxy) is 2. The van der Waals surface area contributed by atoms with Crippen molar-refractivity contribution in [1.29, 1.82) is 0 Å². The second-order valence-corrected chi connectivity index (χ2v) is 3.70. The number of aliphatic hydroxyl groups excluding tert-OH is 2. The summed E-state index contributed by atoms with van der Waals surface area (Å²) < 4.78 is 9.03. The molecule has 0 fully saturated rings. The zero-order valence-corrected chi connectivity index (χ0v) is 10.3. The molecule has 6 nitrogen and oxygen atoms in total. The van der Waals surface area contributed by atoms with E-state index < -0.39 is 30.9 Å². The minimum Gasteiger partial charge on any atom is -0.438 e. The Morgan fingerprint density at radius 2 is 1.29 bits per heavy atom. The highest BCUT2D eigenvalue weighted by Gasteiger charge is 2.47. The van der Waals surface area contributed by atoms with Crippen LogP contribution in [0.25, 0.3) is 0 Å². The van der Waals surface area contributed by atoms with Crippen molar-refractivity contribution < 1.29 is 29.3 Å². The molecule has 0 amide bonds. The zero-order chi connectivity index (χ0) is 13.3. The number of carbonyl (C=O) groups is 2. The van der Waals surface area contributed by atoms with Crippen molar-refractivity contribution in [2.45, 2.75) is 39.5 Å². The molecule has 0 bridgehead atoms. The van der Waals surface area contributed by atoms with Gasteiger partial charge in [0.15, 0.2) is 19.0 Å². The highest BCUT2D eigenvalue weighted by molar-refractivity contribution is 6.00. The van der Waals surface area contributed by atoms with Gasteiger partial charge in [-0.15, -0.1) is 0 Å². The number of esters is 2. The molecule has 0 aromatic carbocycles. The molecule has 0 aliphatic heterocycles. The van der Waals surface area contributed by atoms with E-state index in [4.69, 9.17) is 10.2 Å². The lowest BCUT2D eigenvalue weighted by Gasteiger charge is -2.27. The third-order valence-corrected chi connectivity index (χ3v) is 2.53. The minimum atomic E-state index is -1.42. The number of rotatable bonds is 8. The topological polar surface area (TPSA) is 93.1 Å². The Balaban J connectivity index is 5.09. The first kappa shape index (κ1) is 15.9. The fraction of sp³-hybridized carbons (Fsp3) is 0.818. The van der Waals surface area contributed by atoms with Crippen LogP contribution in [0.2, 0.25) is 0 Å². The van der Waals surface area contributed by atoms with Crippen molar-refractivity contribution in [3.8, 4) is 0 Å². The molecule has 0 atom stereocenters. The summed E-state index contributed by atoms with van der Waals surface area (Å²) in [6.45, 7) is 2.09. The molecule has 0 heterocycles. The van der Waals surface area contributed by atoms with Gasteiger partial charge in [-0.2, -0.15) is 0 Å². The van der Waals surface area contributed by atoms with E-state index in [-0.39, 0.29) is 12.8 Å². The summed E-state index contributed by atoms with van der Waals surface area (Å²) in [5.74, 6) is -1.61. The maximum absolute atomic E-state index is 11.8. The van der Waals surface area contributed by atoms with E-state index in [1.165, 1.54) is 0 Å². The van der Waals surface area contributed by atoms with Crippen LogP contribution in [0.3, 0.4) is 0 Å².